The van der Waals surface area contributed by atoms with Crippen LogP contribution in [0.3, 0.4) is 0 Å². The summed E-state index contributed by atoms with van der Waals surface area (Å²) in [6.45, 7) is 2.86. The molecule has 2 aliphatic rings. The lowest BCUT2D eigenvalue weighted by atomic mass is 10.1. The van der Waals surface area contributed by atoms with Crippen molar-refractivity contribution >= 4 is 21.6 Å². The first-order valence-electron chi connectivity index (χ1n) is 8.57. The van der Waals surface area contributed by atoms with Gasteiger partial charge in [0.25, 0.3) is 0 Å². The van der Waals surface area contributed by atoms with Gasteiger partial charge in [-0.25, -0.2) is 8.42 Å². The molecular weight excluding hydrogens is 332 g/mol. The summed E-state index contributed by atoms with van der Waals surface area (Å²) in [6.07, 6.45) is 7.86. The summed E-state index contributed by atoms with van der Waals surface area (Å²) in [5, 5.41) is 0.558. The van der Waals surface area contributed by atoms with Gasteiger partial charge in [0.2, 0.25) is 10.0 Å². The molecule has 3 rings (SSSR count). The van der Waals surface area contributed by atoms with E-state index in [0.29, 0.717) is 29.0 Å². The Morgan fingerprint density at radius 3 is 2.00 bits per heavy atom. The Hall–Kier alpha value is -0.620. The third-order valence-corrected chi connectivity index (χ3v) is 7.23. The minimum absolute atomic E-state index is 0.338. The third kappa shape index (κ3) is 4.08. The predicted molar refractivity (Wildman–Crippen MR) is 93.3 cm³/mol. The maximum absolute atomic E-state index is 12.7. The molecule has 1 aliphatic heterocycles. The molecule has 2 fully saturated rings. The molecule has 1 aliphatic carbocycles. The quantitative estimate of drug-likeness (QED) is 0.779. The number of nitrogens with zero attached hydrogens (tertiary/aromatic N) is 2. The van der Waals surface area contributed by atoms with Gasteiger partial charge in [-0.2, -0.15) is 4.31 Å². The van der Waals surface area contributed by atoms with Gasteiger partial charge in [-0.05, 0) is 37.1 Å². The van der Waals surface area contributed by atoms with E-state index in [2.05, 4.69) is 4.90 Å². The normalized spacial score (nSPS) is 22.8. The first-order chi connectivity index (χ1) is 11.1. The van der Waals surface area contributed by atoms with Gasteiger partial charge in [-0.1, -0.05) is 37.3 Å². The van der Waals surface area contributed by atoms with E-state index < -0.39 is 10.0 Å². The molecule has 4 nitrogen and oxygen atoms in total. The number of piperazine rings is 1. The predicted octanol–water partition coefficient (Wildman–Crippen LogP) is 3.37. The molecule has 0 radical (unpaired) electrons. The molecule has 23 heavy (non-hydrogen) atoms. The molecule has 0 spiro atoms. The molecule has 0 bridgehead atoms. The van der Waals surface area contributed by atoms with Crippen LogP contribution in [0.4, 0.5) is 0 Å². The maximum Gasteiger partial charge on any atom is 0.243 e. The summed E-state index contributed by atoms with van der Waals surface area (Å²) in [5.41, 5.74) is 0. The molecular formula is C17H25ClN2O2S. The van der Waals surface area contributed by atoms with E-state index in [1.54, 1.807) is 28.6 Å². The Labute approximate surface area is 144 Å². The van der Waals surface area contributed by atoms with E-state index in [1.807, 2.05) is 0 Å². The molecule has 0 atom stereocenters. The fraction of sp³-hybridized carbons (Fsp3) is 0.647. The Balaban J connectivity index is 1.62. The summed E-state index contributed by atoms with van der Waals surface area (Å²) >= 11 is 5.85. The third-order valence-electron chi connectivity index (χ3n) is 5.07. The second-order valence-electron chi connectivity index (χ2n) is 6.54. The van der Waals surface area contributed by atoms with Crippen molar-refractivity contribution in [2.45, 2.75) is 49.5 Å². The molecule has 1 saturated carbocycles. The van der Waals surface area contributed by atoms with Crippen molar-refractivity contribution < 1.29 is 8.42 Å². The van der Waals surface area contributed by atoms with Crippen LogP contribution in [0.25, 0.3) is 0 Å². The number of benzene rings is 1. The van der Waals surface area contributed by atoms with Crippen LogP contribution < -0.4 is 0 Å². The van der Waals surface area contributed by atoms with E-state index in [0.717, 1.165) is 13.1 Å². The van der Waals surface area contributed by atoms with E-state index in [-0.39, 0.29) is 0 Å². The largest absolute Gasteiger partial charge is 0.298 e. The van der Waals surface area contributed by atoms with E-state index in [9.17, 15) is 8.42 Å². The highest BCUT2D eigenvalue weighted by Crippen LogP contribution is 2.25. The van der Waals surface area contributed by atoms with Crippen LogP contribution in [0.15, 0.2) is 29.2 Å². The Morgan fingerprint density at radius 2 is 1.43 bits per heavy atom. The van der Waals surface area contributed by atoms with Gasteiger partial charge in [0.1, 0.15) is 0 Å². The first-order valence-corrected chi connectivity index (χ1v) is 10.4. The summed E-state index contributed by atoms with van der Waals surface area (Å²) in [6, 6.07) is 7.11. The van der Waals surface area contributed by atoms with E-state index in [1.165, 1.54) is 38.5 Å². The zero-order valence-electron chi connectivity index (χ0n) is 13.5. The molecule has 1 saturated heterocycles. The highest BCUT2D eigenvalue weighted by atomic mass is 35.5. The number of halogens is 1. The molecule has 1 heterocycles. The molecule has 0 amide bonds. The molecule has 1 aromatic rings. The van der Waals surface area contributed by atoms with Crippen LogP contribution in [-0.2, 0) is 10.0 Å². The second kappa shape index (κ2) is 7.51. The molecule has 1 aromatic carbocycles. The Morgan fingerprint density at radius 1 is 0.870 bits per heavy atom. The van der Waals surface area contributed by atoms with Crippen LogP contribution in [0, 0.1) is 0 Å². The van der Waals surface area contributed by atoms with E-state index >= 15 is 0 Å². The SMILES string of the molecule is O=S(=O)(c1ccc(Cl)cc1)N1CCN(C2CCCCCC2)CC1. The average Bonchev–Trinajstić information content (AvgIpc) is 2.85. The maximum atomic E-state index is 12.7. The lowest BCUT2D eigenvalue weighted by Crippen LogP contribution is -2.51. The van der Waals surface area contributed by atoms with Gasteiger partial charge in [-0.15, -0.1) is 0 Å². The van der Waals surface area contributed by atoms with Crippen molar-refractivity contribution in [3.8, 4) is 0 Å². The summed E-state index contributed by atoms with van der Waals surface area (Å²) in [4.78, 5) is 2.84. The molecule has 0 aromatic heterocycles. The van der Waals surface area contributed by atoms with Crippen molar-refractivity contribution in [3.63, 3.8) is 0 Å². The summed E-state index contributed by atoms with van der Waals surface area (Å²) in [7, 11) is -3.39. The summed E-state index contributed by atoms with van der Waals surface area (Å²) < 4.78 is 27.0. The minimum atomic E-state index is -3.39. The van der Waals surface area contributed by atoms with Crippen molar-refractivity contribution in [1.29, 1.82) is 0 Å². The van der Waals surface area contributed by atoms with Crippen LogP contribution in [0.1, 0.15) is 38.5 Å². The number of hydrogen-bond acceptors (Lipinski definition) is 3. The zero-order valence-corrected chi connectivity index (χ0v) is 15.0. The summed E-state index contributed by atoms with van der Waals surface area (Å²) in [5.74, 6) is 0. The van der Waals surface area contributed by atoms with Gasteiger partial charge < -0.3 is 0 Å². The lowest BCUT2D eigenvalue weighted by Gasteiger charge is -2.38. The minimum Gasteiger partial charge on any atom is -0.298 e. The lowest BCUT2D eigenvalue weighted by molar-refractivity contribution is 0.126. The smallest absolute Gasteiger partial charge is 0.243 e. The van der Waals surface area contributed by atoms with Gasteiger partial charge >= 0.3 is 0 Å². The molecule has 0 unspecified atom stereocenters. The average molecular weight is 357 g/mol. The fourth-order valence-electron chi connectivity index (χ4n) is 3.69. The fourth-order valence-corrected chi connectivity index (χ4v) is 5.24. The van der Waals surface area contributed by atoms with Crippen molar-refractivity contribution in [1.82, 2.24) is 9.21 Å². The van der Waals surface area contributed by atoms with Gasteiger partial charge in [-0.3, -0.25) is 4.90 Å². The Bertz CT molecular complexity index is 602. The van der Waals surface area contributed by atoms with Crippen LogP contribution in [0.5, 0.6) is 0 Å². The Kier molecular flexibility index (Phi) is 5.62. The first kappa shape index (κ1) is 17.2. The highest BCUT2D eigenvalue weighted by molar-refractivity contribution is 7.89. The van der Waals surface area contributed by atoms with E-state index in [4.69, 9.17) is 11.6 Å². The molecule has 6 heteroatoms. The van der Waals surface area contributed by atoms with Crippen molar-refractivity contribution in [3.05, 3.63) is 29.3 Å². The van der Waals surface area contributed by atoms with Gasteiger partial charge in [0, 0.05) is 37.2 Å². The number of hydrogen-bond donors (Lipinski definition) is 0. The van der Waals surface area contributed by atoms with Crippen molar-refractivity contribution in [2.24, 2.45) is 0 Å². The van der Waals surface area contributed by atoms with Crippen LogP contribution >= 0.6 is 11.6 Å². The second-order valence-corrected chi connectivity index (χ2v) is 8.91. The number of sulfonamides is 1. The van der Waals surface area contributed by atoms with Crippen LogP contribution in [-0.4, -0.2) is 49.8 Å². The monoisotopic (exact) mass is 356 g/mol. The standard InChI is InChI=1S/C17H25ClN2O2S/c18-15-7-9-17(10-8-15)23(21,22)20-13-11-19(12-14-20)16-5-3-1-2-4-6-16/h7-10,16H,1-6,11-14H2. The van der Waals surface area contributed by atoms with Crippen molar-refractivity contribution in [2.75, 3.05) is 26.2 Å². The van der Waals surface area contributed by atoms with Gasteiger partial charge in [0.05, 0.1) is 4.90 Å². The molecule has 0 N–H and O–H groups in total. The highest BCUT2D eigenvalue weighted by Gasteiger charge is 2.31. The zero-order chi connectivity index (χ0) is 16.3. The van der Waals surface area contributed by atoms with Gasteiger partial charge in [0.15, 0.2) is 0 Å². The number of rotatable bonds is 3. The van der Waals surface area contributed by atoms with Crippen LogP contribution in [0.2, 0.25) is 5.02 Å². The topological polar surface area (TPSA) is 40.6 Å². The molecule has 128 valence electrons.